The van der Waals surface area contributed by atoms with Gasteiger partial charge in [0.05, 0.1) is 7.11 Å². The summed E-state index contributed by atoms with van der Waals surface area (Å²) in [5.74, 6) is 0.0728. The molecule has 0 saturated heterocycles. The monoisotopic (exact) mass is 254 g/mol. The summed E-state index contributed by atoms with van der Waals surface area (Å²) in [6.45, 7) is 0.634. The fourth-order valence-corrected chi connectivity index (χ4v) is 3.21. The van der Waals surface area contributed by atoms with Crippen LogP contribution in [0.15, 0.2) is 0 Å². The highest BCUT2D eigenvalue weighted by Gasteiger charge is 2.50. The van der Waals surface area contributed by atoms with Gasteiger partial charge in [0.1, 0.15) is 5.54 Å². The summed E-state index contributed by atoms with van der Waals surface area (Å²) < 4.78 is 4.91. The van der Waals surface area contributed by atoms with E-state index in [1.165, 1.54) is 39.2 Å². The minimum Gasteiger partial charge on any atom is -0.468 e. The van der Waals surface area contributed by atoms with Crippen LogP contribution in [0.5, 0.6) is 0 Å². The quantitative estimate of drug-likeness (QED) is 0.756. The molecule has 0 bridgehead atoms. The maximum absolute atomic E-state index is 12.0. The molecule has 4 heteroatoms. The molecule has 2 saturated carbocycles. The summed E-state index contributed by atoms with van der Waals surface area (Å²) in [6, 6.07) is 0.588. The first kappa shape index (κ1) is 13.8. The Kier molecular flexibility index (Phi) is 4.28. The Hall–Kier alpha value is -0.610. The van der Waals surface area contributed by atoms with E-state index in [9.17, 15) is 4.79 Å². The third-order valence-electron chi connectivity index (χ3n) is 4.58. The van der Waals surface area contributed by atoms with Gasteiger partial charge in [-0.15, -0.1) is 0 Å². The maximum Gasteiger partial charge on any atom is 0.327 e. The molecule has 104 valence electrons. The molecule has 2 aliphatic rings. The number of likely N-dealkylation sites (N-methyl/N-ethyl adjacent to an activating group) is 1. The van der Waals surface area contributed by atoms with Crippen LogP contribution in [-0.2, 0) is 9.53 Å². The second kappa shape index (κ2) is 5.57. The topological polar surface area (TPSA) is 55.6 Å². The molecule has 18 heavy (non-hydrogen) atoms. The number of rotatable bonds is 5. The van der Waals surface area contributed by atoms with Crippen LogP contribution in [0, 0.1) is 5.92 Å². The van der Waals surface area contributed by atoms with Gasteiger partial charge in [-0.25, -0.2) is 0 Å². The zero-order valence-corrected chi connectivity index (χ0v) is 11.7. The lowest BCUT2D eigenvalue weighted by molar-refractivity contribution is -0.149. The largest absolute Gasteiger partial charge is 0.468 e. The van der Waals surface area contributed by atoms with E-state index < -0.39 is 5.54 Å². The van der Waals surface area contributed by atoms with Crippen molar-refractivity contribution in [3.05, 3.63) is 0 Å². The third-order valence-corrected chi connectivity index (χ3v) is 4.58. The smallest absolute Gasteiger partial charge is 0.327 e. The molecular weight excluding hydrogens is 228 g/mol. The summed E-state index contributed by atoms with van der Waals surface area (Å²) in [5.41, 5.74) is 5.56. The number of hydrogen-bond acceptors (Lipinski definition) is 4. The molecule has 2 fully saturated rings. The lowest BCUT2D eigenvalue weighted by atomic mass is 9.90. The van der Waals surface area contributed by atoms with Crippen LogP contribution in [0.4, 0.5) is 0 Å². The number of carbonyl (C=O) groups is 1. The fraction of sp³-hybridized carbons (Fsp3) is 0.929. The minimum absolute atomic E-state index is 0.243. The first-order chi connectivity index (χ1) is 8.58. The van der Waals surface area contributed by atoms with Gasteiger partial charge in [-0.1, -0.05) is 19.3 Å². The van der Waals surface area contributed by atoms with E-state index >= 15 is 0 Å². The Balaban J connectivity index is 1.97. The number of ether oxygens (including phenoxy) is 1. The number of methoxy groups -OCH3 is 1. The molecule has 1 unspecified atom stereocenters. The number of nitrogens with zero attached hydrogens (tertiary/aromatic N) is 1. The molecule has 0 heterocycles. The second-order valence-corrected chi connectivity index (χ2v) is 6.01. The van der Waals surface area contributed by atoms with Gasteiger partial charge in [0, 0.05) is 12.6 Å². The first-order valence-electron chi connectivity index (χ1n) is 7.15. The van der Waals surface area contributed by atoms with E-state index in [1.807, 2.05) is 0 Å². The van der Waals surface area contributed by atoms with Gasteiger partial charge in [0.25, 0.3) is 0 Å². The molecule has 2 rings (SSSR count). The zero-order valence-electron chi connectivity index (χ0n) is 11.7. The predicted molar refractivity (Wildman–Crippen MR) is 71.2 cm³/mol. The second-order valence-electron chi connectivity index (χ2n) is 6.01. The van der Waals surface area contributed by atoms with Crippen LogP contribution in [0.1, 0.15) is 44.9 Å². The molecule has 2 aliphatic carbocycles. The van der Waals surface area contributed by atoms with E-state index in [-0.39, 0.29) is 5.97 Å². The lowest BCUT2D eigenvalue weighted by Crippen LogP contribution is -2.59. The van der Waals surface area contributed by atoms with Gasteiger partial charge >= 0.3 is 5.97 Å². The number of carbonyl (C=O) groups excluding carboxylic acids is 1. The normalized spacial score (nSPS) is 24.9. The van der Waals surface area contributed by atoms with Crippen LogP contribution in [-0.4, -0.2) is 43.2 Å². The molecule has 0 radical (unpaired) electrons. The molecule has 0 aromatic heterocycles. The van der Waals surface area contributed by atoms with E-state index in [2.05, 4.69) is 11.9 Å². The van der Waals surface area contributed by atoms with Crippen molar-refractivity contribution in [3.63, 3.8) is 0 Å². The Labute approximate surface area is 110 Å². The number of hydrogen-bond donors (Lipinski definition) is 1. The van der Waals surface area contributed by atoms with Crippen LogP contribution in [0.25, 0.3) is 0 Å². The van der Waals surface area contributed by atoms with E-state index in [0.717, 1.165) is 12.8 Å². The fourth-order valence-electron chi connectivity index (χ4n) is 3.21. The van der Waals surface area contributed by atoms with Gasteiger partial charge < -0.3 is 15.4 Å². The summed E-state index contributed by atoms with van der Waals surface area (Å²) in [4.78, 5) is 14.2. The summed E-state index contributed by atoms with van der Waals surface area (Å²) >= 11 is 0. The Morgan fingerprint density at radius 1 is 1.28 bits per heavy atom. The lowest BCUT2D eigenvalue weighted by Gasteiger charge is -2.37. The van der Waals surface area contributed by atoms with E-state index in [0.29, 0.717) is 18.5 Å². The molecule has 2 N–H and O–H groups in total. The van der Waals surface area contributed by atoms with Crippen molar-refractivity contribution in [3.8, 4) is 0 Å². The van der Waals surface area contributed by atoms with Gasteiger partial charge in [-0.05, 0) is 38.6 Å². The maximum atomic E-state index is 12.0. The van der Waals surface area contributed by atoms with Gasteiger partial charge in [0.2, 0.25) is 0 Å². The Bertz CT molecular complexity index is 298. The van der Waals surface area contributed by atoms with Crippen molar-refractivity contribution >= 4 is 5.97 Å². The summed E-state index contributed by atoms with van der Waals surface area (Å²) in [6.07, 6.45) is 8.53. The summed E-state index contributed by atoms with van der Waals surface area (Å²) in [7, 11) is 3.54. The van der Waals surface area contributed by atoms with Crippen molar-refractivity contribution in [2.75, 3.05) is 20.7 Å². The first-order valence-corrected chi connectivity index (χ1v) is 7.15. The van der Waals surface area contributed by atoms with E-state index in [1.54, 1.807) is 0 Å². The zero-order chi connectivity index (χ0) is 13.2. The molecule has 0 aromatic carbocycles. The Morgan fingerprint density at radius 2 is 1.89 bits per heavy atom. The highest BCUT2D eigenvalue weighted by atomic mass is 16.5. The van der Waals surface area contributed by atoms with Crippen molar-refractivity contribution in [2.24, 2.45) is 11.7 Å². The molecule has 1 atom stereocenters. The average molecular weight is 254 g/mol. The van der Waals surface area contributed by atoms with Crippen LogP contribution in [0.3, 0.4) is 0 Å². The molecule has 0 amide bonds. The molecule has 4 nitrogen and oxygen atoms in total. The number of esters is 1. The third kappa shape index (κ3) is 2.86. The van der Waals surface area contributed by atoms with Crippen LogP contribution >= 0.6 is 0 Å². The van der Waals surface area contributed by atoms with E-state index in [4.69, 9.17) is 10.5 Å². The Morgan fingerprint density at radius 3 is 2.39 bits per heavy atom. The van der Waals surface area contributed by atoms with Gasteiger partial charge in [0.15, 0.2) is 0 Å². The number of nitrogens with two attached hydrogens (primary N) is 1. The van der Waals surface area contributed by atoms with Gasteiger partial charge in [-0.3, -0.25) is 4.79 Å². The minimum atomic E-state index is -0.791. The summed E-state index contributed by atoms with van der Waals surface area (Å²) in [5, 5.41) is 0. The predicted octanol–water partition coefficient (Wildman–Crippen LogP) is 1.53. The molecule has 0 spiro atoms. The molecular formula is C14H26N2O2. The SMILES string of the molecule is COC(=O)C(N)(CN(C)C1CCCCC1)C1CC1. The van der Waals surface area contributed by atoms with Crippen molar-refractivity contribution in [1.82, 2.24) is 4.90 Å². The van der Waals surface area contributed by atoms with Gasteiger partial charge in [-0.2, -0.15) is 0 Å². The molecule has 0 aliphatic heterocycles. The van der Waals surface area contributed by atoms with Crippen molar-refractivity contribution in [2.45, 2.75) is 56.5 Å². The van der Waals surface area contributed by atoms with Crippen LogP contribution < -0.4 is 5.73 Å². The highest BCUT2D eigenvalue weighted by molar-refractivity contribution is 5.81. The van der Waals surface area contributed by atoms with Crippen molar-refractivity contribution < 1.29 is 9.53 Å². The average Bonchev–Trinajstić information content (AvgIpc) is 3.23. The highest BCUT2D eigenvalue weighted by Crippen LogP contribution is 2.40. The standard InChI is InChI=1S/C14H26N2O2/c1-16(12-6-4-3-5-7-12)10-14(15,11-8-9-11)13(17)18-2/h11-12H,3-10,15H2,1-2H3. The van der Waals surface area contributed by atoms with Crippen LogP contribution in [0.2, 0.25) is 0 Å². The molecule has 0 aromatic rings. The van der Waals surface area contributed by atoms with Crippen molar-refractivity contribution in [1.29, 1.82) is 0 Å².